The van der Waals surface area contributed by atoms with Crippen LogP contribution >= 0.6 is 23.2 Å². The van der Waals surface area contributed by atoms with Crippen molar-refractivity contribution in [3.05, 3.63) is 58.1 Å². The zero-order valence-corrected chi connectivity index (χ0v) is 18.2. The van der Waals surface area contributed by atoms with Crippen LogP contribution in [0.1, 0.15) is 18.4 Å². The minimum atomic E-state index is -3.76. The molecule has 1 amide bonds. The normalized spacial score (nSPS) is 17.3. The van der Waals surface area contributed by atoms with Crippen LogP contribution in [0.15, 0.2) is 47.4 Å². The van der Waals surface area contributed by atoms with E-state index >= 15 is 0 Å². The van der Waals surface area contributed by atoms with E-state index in [2.05, 4.69) is 5.32 Å². The molecule has 1 N–H and O–H groups in total. The first-order chi connectivity index (χ1) is 13.8. The van der Waals surface area contributed by atoms with Gasteiger partial charge in [0.1, 0.15) is 18.4 Å². The van der Waals surface area contributed by atoms with Gasteiger partial charge >= 0.3 is 0 Å². The van der Waals surface area contributed by atoms with Gasteiger partial charge in [0, 0.05) is 16.6 Å². The number of carbonyl (C=O) groups is 1. The second-order valence-electron chi connectivity index (χ2n) is 6.78. The number of aryl methyl sites for hydroxylation is 1. The Morgan fingerprint density at radius 2 is 1.93 bits per heavy atom. The van der Waals surface area contributed by atoms with Crippen molar-refractivity contribution in [2.45, 2.75) is 30.7 Å². The smallest absolute Gasteiger partial charge is 0.243 e. The predicted molar refractivity (Wildman–Crippen MR) is 113 cm³/mol. The number of nitrogens with zero attached hydrogens (tertiary/aromatic N) is 1. The fourth-order valence-corrected chi connectivity index (χ4v) is 5.11. The summed E-state index contributed by atoms with van der Waals surface area (Å²) in [5.74, 6) is 0.285. The van der Waals surface area contributed by atoms with Crippen molar-refractivity contribution in [3.63, 3.8) is 0 Å². The molecule has 1 aliphatic rings. The van der Waals surface area contributed by atoms with Crippen LogP contribution in [0.25, 0.3) is 0 Å². The van der Waals surface area contributed by atoms with E-state index in [1.54, 1.807) is 12.1 Å². The second-order valence-corrected chi connectivity index (χ2v) is 9.51. The summed E-state index contributed by atoms with van der Waals surface area (Å²) in [7, 11) is -3.76. The van der Waals surface area contributed by atoms with Crippen molar-refractivity contribution in [3.8, 4) is 5.75 Å². The summed E-state index contributed by atoms with van der Waals surface area (Å²) in [6.45, 7) is 2.72. The zero-order chi connectivity index (χ0) is 21.0. The lowest BCUT2D eigenvalue weighted by Gasteiger charge is -2.23. The summed E-state index contributed by atoms with van der Waals surface area (Å²) >= 11 is 11.9. The molecule has 1 saturated heterocycles. The highest BCUT2D eigenvalue weighted by atomic mass is 35.5. The number of amides is 1. The Kier molecular flexibility index (Phi) is 7.05. The van der Waals surface area contributed by atoms with Gasteiger partial charge in [0.2, 0.25) is 15.9 Å². The van der Waals surface area contributed by atoms with Crippen molar-refractivity contribution < 1.29 is 17.9 Å². The Hall–Kier alpha value is -1.80. The molecule has 9 heteroatoms. The van der Waals surface area contributed by atoms with E-state index in [9.17, 15) is 13.2 Å². The minimum Gasteiger partial charge on any atom is -0.492 e. The number of nitrogens with one attached hydrogen (secondary N) is 1. The molecule has 3 rings (SSSR count). The first kappa shape index (κ1) is 21.9. The highest BCUT2D eigenvalue weighted by molar-refractivity contribution is 7.89. The van der Waals surface area contributed by atoms with Gasteiger partial charge in [-0.15, -0.1) is 0 Å². The van der Waals surface area contributed by atoms with Crippen LogP contribution in [0.5, 0.6) is 5.75 Å². The van der Waals surface area contributed by atoms with E-state index in [0.717, 1.165) is 5.56 Å². The molecule has 156 valence electrons. The topological polar surface area (TPSA) is 75.7 Å². The summed E-state index contributed by atoms with van der Waals surface area (Å²) < 4.78 is 32.6. The van der Waals surface area contributed by atoms with Crippen LogP contribution in [0.3, 0.4) is 0 Å². The van der Waals surface area contributed by atoms with E-state index in [1.807, 2.05) is 13.0 Å². The van der Waals surface area contributed by atoms with Crippen molar-refractivity contribution >= 4 is 39.1 Å². The van der Waals surface area contributed by atoms with E-state index in [0.29, 0.717) is 35.2 Å². The molecule has 29 heavy (non-hydrogen) atoms. The lowest BCUT2D eigenvalue weighted by atomic mass is 10.2. The molecule has 2 aromatic carbocycles. The zero-order valence-electron chi connectivity index (χ0n) is 15.9. The fraction of sp³-hybridized carbons (Fsp3) is 0.350. The number of hydrogen-bond acceptors (Lipinski definition) is 4. The van der Waals surface area contributed by atoms with Gasteiger partial charge < -0.3 is 10.1 Å². The molecule has 1 atom stereocenters. The molecule has 0 aromatic heterocycles. The van der Waals surface area contributed by atoms with Crippen molar-refractivity contribution in [2.24, 2.45) is 0 Å². The van der Waals surface area contributed by atoms with Gasteiger partial charge in [-0.05, 0) is 61.7 Å². The molecule has 1 fully saturated rings. The molecule has 1 aliphatic heterocycles. The SMILES string of the molecule is Cc1ccc(OCCNC(=O)[C@@H]2CCCN2S(=O)(=O)c2ccc(Cl)cc2)cc1Cl. The lowest BCUT2D eigenvalue weighted by Crippen LogP contribution is -2.46. The van der Waals surface area contributed by atoms with Crippen LogP contribution in [0, 0.1) is 6.92 Å². The molecule has 0 unspecified atom stereocenters. The third-order valence-corrected chi connectivity index (χ3v) is 7.32. The number of ether oxygens (including phenoxy) is 1. The number of sulfonamides is 1. The summed E-state index contributed by atoms with van der Waals surface area (Å²) in [6, 6.07) is 10.6. The van der Waals surface area contributed by atoms with Gasteiger partial charge in [0.25, 0.3) is 0 Å². The molecule has 0 saturated carbocycles. The second kappa shape index (κ2) is 9.34. The number of rotatable bonds is 7. The summed E-state index contributed by atoms with van der Waals surface area (Å²) in [5, 5.41) is 3.82. The molecule has 6 nitrogen and oxygen atoms in total. The summed E-state index contributed by atoms with van der Waals surface area (Å²) in [5.41, 5.74) is 0.954. The molecular weight excluding hydrogens is 435 g/mol. The number of hydrogen-bond donors (Lipinski definition) is 1. The highest BCUT2D eigenvalue weighted by Crippen LogP contribution is 2.27. The van der Waals surface area contributed by atoms with Crippen LogP contribution in [0.2, 0.25) is 10.0 Å². The summed E-state index contributed by atoms with van der Waals surface area (Å²) in [6.07, 6.45) is 1.11. The van der Waals surface area contributed by atoms with Gasteiger partial charge in [0.05, 0.1) is 11.4 Å². The molecule has 0 radical (unpaired) electrons. The maximum absolute atomic E-state index is 12.9. The maximum Gasteiger partial charge on any atom is 0.243 e. The van der Waals surface area contributed by atoms with E-state index in [-0.39, 0.29) is 24.0 Å². The van der Waals surface area contributed by atoms with Gasteiger partial charge in [-0.1, -0.05) is 29.3 Å². The third-order valence-electron chi connectivity index (χ3n) is 4.74. The Balaban J connectivity index is 1.57. The molecule has 0 bridgehead atoms. The fourth-order valence-electron chi connectivity index (χ4n) is 3.16. The van der Waals surface area contributed by atoms with E-state index in [1.165, 1.54) is 28.6 Å². The summed E-state index contributed by atoms with van der Waals surface area (Å²) in [4.78, 5) is 12.7. The Morgan fingerprint density at radius 1 is 1.21 bits per heavy atom. The van der Waals surface area contributed by atoms with Crippen molar-refractivity contribution in [1.82, 2.24) is 9.62 Å². The Bertz CT molecular complexity index is 980. The van der Waals surface area contributed by atoms with Gasteiger partial charge in [-0.3, -0.25) is 4.79 Å². The number of carbonyl (C=O) groups excluding carboxylic acids is 1. The van der Waals surface area contributed by atoms with E-state index in [4.69, 9.17) is 27.9 Å². The van der Waals surface area contributed by atoms with Crippen LogP contribution < -0.4 is 10.1 Å². The molecule has 0 aliphatic carbocycles. The van der Waals surface area contributed by atoms with Gasteiger partial charge in [-0.25, -0.2) is 8.42 Å². The average molecular weight is 457 g/mol. The first-order valence-corrected chi connectivity index (χ1v) is 11.4. The Labute approximate surface area is 180 Å². The number of benzene rings is 2. The van der Waals surface area contributed by atoms with Crippen LogP contribution in [-0.2, 0) is 14.8 Å². The monoisotopic (exact) mass is 456 g/mol. The molecule has 0 spiro atoms. The Morgan fingerprint density at radius 3 is 2.62 bits per heavy atom. The minimum absolute atomic E-state index is 0.126. The standard InChI is InChI=1S/C20H22Cl2N2O4S/c1-14-4-7-16(13-18(14)22)28-12-10-23-20(25)19-3-2-11-24(19)29(26,27)17-8-5-15(21)6-9-17/h4-9,13,19H,2-3,10-12H2,1H3,(H,23,25)/t19-/m0/s1. The molecular formula is C20H22Cl2N2O4S. The lowest BCUT2D eigenvalue weighted by molar-refractivity contribution is -0.124. The van der Waals surface area contributed by atoms with Gasteiger partial charge in [-0.2, -0.15) is 4.31 Å². The first-order valence-electron chi connectivity index (χ1n) is 9.23. The van der Waals surface area contributed by atoms with E-state index < -0.39 is 16.1 Å². The molecule has 1 heterocycles. The van der Waals surface area contributed by atoms with Crippen LogP contribution in [0.4, 0.5) is 0 Å². The quantitative estimate of drug-likeness (QED) is 0.645. The van der Waals surface area contributed by atoms with Crippen LogP contribution in [-0.4, -0.2) is 44.4 Å². The third kappa shape index (κ3) is 5.22. The molecule has 2 aromatic rings. The maximum atomic E-state index is 12.9. The number of halogens is 2. The highest BCUT2D eigenvalue weighted by Gasteiger charge is 2.39. The largest absolute Gasteiger partial charge is 0.492 e. The van der Waals surface area contributed by atoms with Crippen molar-refractivity contribution in [2.75, 3.05) is 19.7 Å². The van der Waals surface area contributed by atoms with Gasteiger partial charge in [0.15, 0.2) is 0 Å². The van der Waals surface area contributed by atoms with Crippen molar-refractivity contribution in [1.29, 1.82) is 0 Å². The predicted octanol–water partition coefficient (Wildman–Crippen LogP) is 3.65. The average Bonchev–Trinajstić information content (AvgIpc) is 3.19.